The molecule has 2 rings (SSSR count). The fraction of sp³-hybridized carbons (Fsp3) is 0.667. The zero-order valence-electron chi connectivity index (χ0n) is 13.8. The monoisotopic (exact) mass is 359 g/mol. The Bertz CT molecular complexity index is 598. The van der Waals surface area contributed by atoms with Gasteiger partial charge in [0.05, 0.1) is 16.0 Å². The Kier molecular flexibility index (Phi) is 5.62. The molecule has 1 aromatic rings. The highest BCUT2D eigenvalue weighted by atomic mass is 35.5. The number of ether oxygens (including phenoxy) is 1. The summed E-state index contributed by atoms with van der Waals surface area (Å²) in [6.45, 7) is 8.24. The van der Waals surface area contributed by atoms with Crippen molar-refractivity contribution in [3.05, 3.63) is 16.9 Å². The van der Waals surface area contributed by atoms with Crippen LogP contribution in [0.5, 0.6) is 0 Å². The lowest BCUT2D eigenvalue weighted by molar-refractivity contribution is 0.0219. The summed E-state index contributed by atoms with van der Waals surface area (Å²) in [5, 5.41) is 0.292. The molecule has 1 amide bonds. The summed E-state index contributed by atoms with van der Waals surface area (Å²) in [5.41, 5.74) is 0.129. The van der Waals surface area contributed by atoms with Crippen LogP contribution in [0, 0.1) is 6.92 Å². The minimum absolute atomic E-state index is 0.214. The Morgan fingerprint density at radius 1 is 1.43 bits per heavy atom. The van der Waals surface area contributed by atoms with E-state index in [1.807, 2.05) is 20.8 Å². The van der Waals surface area contributed by atoms with E-state index < -0.39 is 16.4 Å². The average Bonchev–Trinajstić information content (AvgIpc) is 2.44. The number of likely N-dealkylation sites (tertiary alicyclic amines) is 1. The van der Waals surface area contributed by atoms with Crippen molar-refractivity contribution < 1.29 is 13.7 Å². The maximum absolute atomic E-state index is 12.7. The number of carbonyl (C=O) groups excluding carboxylic acids is 1. The van der Waals surface area contributed by atoms with Crippen LogP contribution in [0.2, 0.25) is 5.15 Å². The van der Waals surface area contributed by atoms with Gasteiger partial charge in [-0.1, -0.05) is 11.6 Å². The van der Waals surface area contributed by atoms with Crippen molar-refractivity contribution in [2.45, 2.75) is 56.5 Å². The van der Waals surface area contributed by atoms with Crippen LogP contribution < -0.4 is 0 Å². The summed E-state index contributed by atoms with van der Waals surface area (Å²) >= 11 is 5.91. The zero-order valence-corrected chi connectivity index (χ0v) is 15.4. The van der Waals surface area contributed by atoms with Crippen molar-refractivity contribution in [2.24, 2.45) is 0 Å². The third-order valence-corrected chi connectivity index (χ3v) is 5.04. The maximum Gasteiger partial charge on any atom is 0.410 e. The van der Waals surface area contributed by atoms with Gasteiger partial charge in [0.1, 0.15) is 10.8 Å². The van der Waals surface area contributed by atoms with E-state index in [0.29, 0.717) is 18.8 Å². The van der Waals surface area contributed by atoms with Crippen LogP contribution in [-0.4, -0.2) is 49.1 Å². The van der Waals surface area contributed by atoms with Gasteiger partial charge in [0.15, 0.2) is 0 Å². The van der Waals surface area contributed by atoms with Crippen molar-refractivity contribution in [1.29, 1.82) is 0 Å². The fourth-order valence-corrected chi connectivity index (χ4v) is 4.05. The number of hydrogen-bond donors (Lipinski definition) is 0. The Morgan fingerprint density at radius 3 is 2.74 bits per heavy atom. The van der Waals surface area contributed by atoms with Gasteiger partial charge in [-0.2, -0.15) is 0 Å². The lowest BCUT2D eigenvalue weighted by Gasteiger charge is -2.33. The Hall–Kier alpha value is -1.21. The molecule has 1 saturated heterocycles. The molecular weight excluding hydrogens is 338 g/mol. The van der Waals surface area contributed by atoms with Crippen LogP contribution in [0.4, 0.5) is 4.79 Å². The highest BCUT2D eigenvalue weighted by Gasteiger charge is 2.32. The van der Waals surface area contributed by atoms with Gasteiger partial charge in [0.25, 0.3) is 0 Å². The van der Waals surface area contributed by atoms with Crippen molar-refractivity contribution >= 4 is 28.5 Å². The fourth-order valence-electron chi connectivity index (χ4n) is 2.35. The second-order valence-corrected chi connectivity index (χ2v) is 8.62. The Morgan fingerprint density at radius 2 is 2.13 bits per heavy atom. The van der Waals surface area contributed by atoms with E-state index in [1.165, 1.54) is 0 Å². The van der Waals surface area contributed by atoms with Gasteiger partial charge < -0.3 is 9.64 Å². The van der Waals surface area contributed by atoms with Crippen molar-refractivity contribution in [3.63, 3.8) is 0 Å². The summed E-state index contributed by atoms with van der Waals surface area (Å²) in [6, 6.07) is 1.62. The molecule has 0 aliphatic carbocycles. The lowest BCUT2D eigenvalue weighted by atomic mass is 10.1. The standard InChI is InChI=1S/C15H22ClN3O3S/c1-10-8-12(16)18-13(17-10)23(21)11-6-5-7-19(9-11)14(20)22-15(2,3)4/h8,11H,5-7,9H2,1-4H3. The lowest BCUT2D eigenvalue weighted by Crippen LogP contribution is -2.46. The molecule has 2 heterocycles. The number of aryl methyl sites for hydroxylation is 1. The third-order valence-electron chi connectivity index (χ3n) is 3.31. The van der Waals surface area contributed by atoms with E-state index in [2.05, 4.69) is 9.97 Å². The van der Waals surface area contributed by atoms with Gasteiger partial charge in [0, 0.05) is 18.8 Å². The summed E-state index contributed by atoms with van der Waals surface area (Å²) in [7, 11) is -1.41. The Labute approximate surface area is 144 Å². The molecule has 2 unspecified atom stereocenters. The normalized spacial score (nSPS) is 20.2. The number of piperidine rings is 1. The summed E-state index contributed by atoms with van der Waals surface area (Å²) < 4.78 is 18.1. The predicted molar refractivity (Wildman–Crippen MR) is 89.0 cm³/mol. The number of rotatable bonds is 2. The Balaban J connectivity index is 2.08. The molecule has 0 spiro atoms. The first kappa shape index (κ1) is 18.1. The number of halogens is 1. The number of amides is 1. The van der Waals surface area contributed by atoms with Crippen LogP contribution in [0.3, 0.4) is 0 Å². The molecule has 0 N–H and O–H groups in total. The largest absolute Gasteiger partial charge is 0.444 e. The van der Waals surface area contributed by atoms with Crippen molar-refractivity contribution in [3.8, 4) is 0 Å². The van der Waals surface area contributed by atoms with Gasteiger partial charge in [-0.05, 0) is 46.6 Å². The molecule has 23 heavy (non-hydrogen) atoms. The van der Waals surface area contributed by atoms with Gasteiger partial charge in [-0.15, -0.1) is 0 Å². The number of hydrogen-bond acceptors (Lipinski definition) is 5. The molecular formula is C15H22ClN3O3S. The van der Waals surface area contributed by atoms with Crippen LogP contribution in [0.15, 0.2) is 11.2 Å². The molecule has 8 heteroatoms. The molecule has 0 saturated carbocycles. The SMILES string of the molecule is Cc1cc(Cl)nc(S(=O)C2CCCN(C(=O)OC(C)(C)C)C2)n1. The number of carbonyl (C=O) groups is 1. The molecule has 1 aromatic heterocycles. The highest BCUT2D eigenvalue weighted by Crippen LogP contribution is 2.21. The van der Waals surface area contributed by atoms with Gasteiger partial charge in [-0.3, -0.25) is 4.21 Å². The molecule has 6 nitrogen and oxygen atoms in total. The van der Waals surface area contributed by atoms with E-state index in [9.17, 15) is 9.00 Å². The van der Waals surface area contributed by atoms with Crippen LogP contribution >= 0.6 is 11.6 Å². The van der Waals surface area contributed by atoms with E-state index in [1.54, 1.807) is 17.9 Å². The molecule has 128 valence electrons. The molecule has 1 fully saturated rings. The molecule has 2 atom stereocenters. The maximum atomic E-state index is 12.7. The summed E-state index contributed by atoms with van der Waals surface area (Å²) in [5.74, 6) is 0. The average molecular weight is 360 g/mol. The second kappa shape index (κ2) is 7.13. The van der Waals surface area contributed by atoms with E-state index in [4.69, 9.17) is 16.3 Å². The molecule has 1 aliphatic rings. The quantitative estimate of drug-likeness (QED) is 0.599. The molecule has 1 aliphatic heterocycles. The van der Waals surface area contributed by atoms with Crippen LogP contribution in [0.1, 0.15) is 39.3 Å². The smallest absolute Gasteiger partial charge is 0.410 e. The molecule has 0 radical (unpaired) electrons. The van der Waals surface area contributed by atoms with Crippen LogP contribution in [0.25, 0.3) is 0 Å². The third kappa shape index (κ3) is 5.14. The van der Waals surface area contributed by atoms with E-state index in [-0.39, 0.29) is 21.7 Å². The van der Waals surface area contributed by atoms with Crippen molar-refractivity contribution in [1.82, 2.24) is 14.9 Å². The molecule has 0 aromatic carbocycles. The first-order chi connectivity index (χ1) is 10.7. The summed E-state index contributed by atoms with van der Waals surface area (Å²) in [6.07, 6.45) is 1.15. The number of aromatic nitrogens is 2. The minimum Gasteiger partial charge on any atom is -0.444 e. The zero-order chi connectivity index (χ0) is 17.2. The van der Waals surface area contributed by atoms with Gasteiger partial charge in [-0.25, -0.2) is 14.8 Å². The van der Waals surface area contributed by atoms with Crippen molar-refractivity contribution in [2.75, 3.05) is 13.1 Å². The van der Waals surface area contributed by atoms with E-state index >= 15 is 0 Å². The predicted octanol–water partition coefficient (Wildman–Crippen LogP) is 2.95. The number of nitrogens with zero attached hydrogens (tertiary/aromatic N) is 3. The van der Waals surface area contributed by atoms with Gasteiger partial charge in [0.2, 0.25) is 5.16 Å². The highest BCUT2D eigenvalue weighted by molar-refractivity contribution is 7.85. The molecule has 0 bridgehead atoms. The second-order valence-electron chi connectivity index (χ2n) is 6.60. The summed E-state index contributed by atoms with van der Waals surface area (Å²) in [4.78, 5) is 22.1. The van der Waals surface area contributed by atoms with E-state index in [0.717, 1.165) is 12.8 Å². The van der Waals surface area contributed by atoms with Crippen LogP contribution in [-0.2, 0) is 15.5 Å². The first-order valence-electron chi connectivity index (χ1n) is 7.55. The topological polar surface area (TPSA) is 72.4 Å². The minimum atomic E-state index is -1.41. The first-order valence-corrected chi connectivity index (χ1v) is 9.14. The van der Waals surface area contributed by atoms with Gasteiger partial charge >= 0.3 is 6.09 Å².